The number of nitrogens with zero attached hydrogens (tertiary/aromatic N) is 2. The Morgan fingerprint density at radius 2 is 2.10 bits per heavy atom. The van der Waals surface area contributed by atoms with Crippen molar-refractivity contribution in [1.82, 2.24) is 9.80 Å². The third-order valence-corrected chi connectivity index (χ3v) is 3.55. The lowest BCUT2D eigenvalue weighted by Gasteiger charge is -2.38. The SMILES string of the molecule is CC1CN(C)CCN1C(=O)Nc1ccc(F)cc1C(=O)O. The molecule has 1 aliphatic heterocycles. The van der Waals surface area contributed by atoms with E-state index in [4.69, 9.17) is 5.11 Å². The molecule has 0 bridgehead atoms. The van der Waals surface area contributed by atoms with Crippen LogP contribution >= 0.6 is 0 Å². The lowest BCUT2D eigenvalue weighted by molar-refractivity contribution is 0.0697. The van der Waals surface area contributed by atoms with Crippen LogP contribution in [0.5, 0.6) is 0 Å². The van der Waals surface area contributed by atoms with Gasteiger partial charge in [0.2, 0.25) is 0 Å². The van der Waals surface area contributed by atoms with Crippen LogP contribution in [0.2, 0.25) is 0 Å². The molecule has 1 atom stereocenters. The second-order valence-electron chi connectivity index (χ2n) is 5.23. The van der Waals surface area contributed by atoms with Crippen molar-refractivity contribution in [2.45, 2.75) is 13.0 Å². The fourth-order valence-electron chi connectivity index (χ4n) is 2.43. The maximum atomic E-state index is 13.1. The molecule has 0 spiro atoms. The first kappa shape index (κ1) is 15.2. The van der Waals surface area contributed by atoms with Gasteiger partial charge in [0, 0.05) is 25.7 Å². The van der Waals surface area contributed by atoms with Gasteiger partial charge in [0.05, 0.1) is 11.3 Å². The van der Waals surface area contributed by atoms with Gasteiger partial charge < -0.3 is 20.2 Å². The Kier molecular flexibility index (Phi) is 4.42. The summed E-state index contributed by atoms with van der Waals surface area (Å²) < 4.78 is 13.1. The Morgan fingerprint density at radius 1 is 1.38 bits per heavy atom. The van der Waals surface area contributed by atoms with E-state index in [0.717, 1.165) is 25.2 Å². The quantitative estimate of drug-likeness (QED) is 0.871. The van der Waals surface area contributed by atoms with Gasteiger partial charge in [-0.2, -0.15) is 0 Å². The van der Waals surface area contributed by atoms with Crippen LogP contribution in [0.3, 0.4) is 0 Å². The van der Waals surface area contributed by atoms with E-state index in [-0.39, 0.29) is 23.3 Å². The molecule has 1 aliphatic rings. The zero-order valence-corrected chi connectivity index (χ0v) is 12.0. The lowest BCUT2D eigenvalue weighted by Crippen LogP contribution is -2.54. The molecule has 1 fully saturated rings. The summed E-state index contributed by atoms with van der Waals surface area (Å²) in [5.74, 6) is -1.94. The molecule has 0 saturated carbocycles. The fraction of sp³-hybridized carbons (Fsp3) is 0.429. The van der Waals surface area contributed by atoms with Crippen LogP contribution in [0.1, 0.15) is 17.3 Å². The molecule has 0 aliphatic carbocycles. The molecule has 2 N–H and O–H groups in total. The molecular weight excluding hydrogens is 277 g/mol. The highest BCUT2D eigenvalue weighted by Gasteiger charge is 2.26. The number of hydrogen-bond acceptors (Lipinski definition) is 3. The number of amides is 2. The number of urea groups is 1. The third kappa shape index (κ3) is 3.49. The summed E-state index contributed by atoms with van der Waals surface area (Å²) in [7, 11) is 1.98. The van der Waals surface area contributed by atoms with Gasteiger partial charge in [0.1, 0.15) is 5.82 Å². The average Bonchev–Trinajstić information content (AvgIpc) is 2.40. The Bertz CT molecular complexity index is 564. The van der Waals surface area contributed by atoms with Crippen molar-refractivity contribution >= 4 is 17.7 Å². The van der Waals surface area contributed by atoms with E-state index in [9.17, 15) is 14.0 Å². The number of piperazine rings is 1. The molecule has 7 heteroatoms. The number of benzene rings is 1. The number of hydrogen-bond donors (Lipinski definition) is 2. The standard InChI is InChI=1S/C14H18FN3O3/c1-9-8-17(2)5-6-18(9)14(21)16-12-4-3-10(15)7-11(12)13(19)20/h3-4,7,9H,5-6,8H2,1-2H3,(H,16,21)(H,19,20). The first-order valence-electron chi connectivity index (χ1n) is 6.67. The summed E-state index contributed by atoms with van der Waals surface area (Å²) in [5, 5.41) is 11.6. The number of carbonyl (C=O) groups excluding carboxylic acids is 1. The zero-order valence-electron chi connectivity index (χ0n) is 12.0. The number of halogens is 1. The molecule has 2 rings (SSSR count). The molecule has 1 unspecified atom stereocenters. The number of anilines is 1. The van der Waals surface area contributed by atoms with E-state index in [1.807, 2.05) is 14.0 Å². The largest absolute Gasteiger partial charge is 0.478 e. The maximum Gasteiger partial charge on any atom is 0.337 e. The third-order valence-electron chi connectivity index (χ3n) is 3.55. The van der Waals surface area contributed by atoms with Crippen LogP contribution in [-0.2, 0) is 0 Å². The van der Waals surface area contributed by atoms with E-state index >= 15 is 0 Å². The van der Waals surface area contributed by atoms with Crippen LogP contribution < -0.4 is 5.32 Å². The Morgan fingerprint density at radius 3 is 2.71 bits per heavy atom. The summed E-state index contributed by atoms with van der Waals surface area (Å²) >= 11 is 0. The Balaban J connectivity index is 2.14. The van der Waals surface area contributed by atoms with Gasteiger partial charge in [0.25, 0.3) is 0 Å². The highest BCUT2D eigenvalue weighted by atomic mass is 19.1. The molecule has 1 aromatic rings. The van der Waals surface area contributed by atoms with Gasteiger partial charge >= 0.3 is 12.0 Å². The normalized spacial score (nSPS) is 19.4. The Labute approximate surface area is 122 Å². The van der Waals surface area contributed by atoms with E-state index in [1.165, 1.54) is 6.07 Å². The lowest BCUT2D eigenvalue weighted by atomic mass is 10.1. The predicted molar refractivity (Wildman–Crippen MR) is 76.0 cm³/mol. The van der Waals surface area contributed by atoms with Crippen molar-refractivity contribution in [3.05, 3.63) is 29.6 Å². The highest BCUT2D eigenvalue weighted by Crippen LogP contribution is 2.19. The summed E-state index contributed by atoms with van der Waals surface area (Å²) in [5.41, 5.74) is -0.162. The maximum absolute atomic E-state index is 13.1. The van der Waals surface area contributed by atoms with Crippen LogP contribution in [-0.4, -0.2) is 59.6 Å². The number of likely N-dealkylation sites (N-methyl/N-ethyl adjacent to an activating group) is 1. The zero-order chi connectivity index (χ0) is 15.6. The minimum atomic E-state index is -1.28. The van der Waals surface area contributed by atoms with Gasteiger partial charge in [-0.05, 0) is 32.2 Å². The second-order valence-corrected chi connectivity index (χ2v) is 5.23. The molecule has 0 aromatic heterocycles. The van der Waals surface area contributed by atoms with Crippen LogP contribution in [0.25, 0.3) is 0 Å². The van der Waals surface area contributed by atoms with Crippen molar-refractivity contribution in [2.24, 2.45) is 0 Å². The molecule has 1 heterocycles. The van der Waals surface area contributed by atoms with Gasteiger partial charge in [-0.1, -0.05) is 0 Å². The van der Waals surface area contributed by atoms with Crippen LogP contribution in [0, 0.1) is 5.82 Å². The van der Waals surface area contributed by atoms with Gasteiger partial charge in [0.15, 0.2) is 0 Å². The van der Waals surface area contributed by atoms with Crippen molar-refractivity contribution < 1.29 is 19.1 Å². The van der Waals surface area contributed by atoms with E-state index in [0.29, 0.717) is 6.54 Å². The van der Waals surface area contributed by atoms with Crippen molar-refractivity contribution in [3.63, 3.8) is 0 Å². The number of rotatable bonds is 2. The number of nitrogens with one attached hydrogen (secondary N) is 1. The first-order chi connectivity index (χ1) is 9.88. The summed E-state index contributed by atoms with van der Waals surface area (Å²) in [4.78, 5) is 27.1. The number of carbonyl (C=O) groups is 2. The molecule has 0 radical (unpaired) electrons. The van der Waals surface area contributed by atoms with Crippen molar-refractivity contribution in [3.8, 4) is 0 Å². The van der Waals surface area contributed by atoms with Crippen molar-refractivity contribution in [2.75, 3.05) is 32.0 Å². The van der Waals surface area contributed by atoms with Gasteiger partial charge in [-0.15, -0.1) is 0 Å². The smallest absolute Gasteiger partial charge is 0.337 e. The second kappa shape index (κ2) is 6.09. The summed E-state index contributed by atoms with van der Waals surface area (Å²) in [6, 6.07) is 2.93. The molecule has 1 aromatic carbocycles. The topological polar surface area (TPSA) is 72.9 Å². The number of carboxylic acid groups (broad SMARTS) is 1. The van der Waals surface area contributed by atoms with E-state index in [2.05, 4.69) is 10.2 Å². The number of carboxylic acids is 1. The molecule has 6 nitrogen and oxygen atoms in total. The summed E-state index contributed by atoms with van der Waals surface area (Å²) in [6.45, 7) is 4.00. The monoisotopic (exact) mass is 295 g/mol. The highest BCUT2D eigenvalue weighted by molar-refractivity contribution is 6.00. The van der Waals surface area contributed by atoms with E-state index in [1.54, 1.807) is 4.90 Å². The Hall–Kier alpha value is -2.15. The summed E-state index contributed by atoms with van der Waals surface area (Å²) in [6.07, 6.45) is 0. The van der Waals surface area contributed by atoms with E-state index < -0.39 is 11.8 Å². The fourth-order valence-corrected chi connectivity index (χ4v) is 2.43. The first-order valence-corrected chi connectivity index (χ1v) is 6.67. The average molecular weight is 295 g/mol. The molecular formula is C14H18FN3O3. The minimum Gasteiger partial charge on any atom is -0.478 e. The van der Waals surface area contributed by atoms with Crippen LogP contribution in [0.15, 0.2) is 18.2 Å². The number of aromatic carboxylic acids is 1. The van der Waals surface area contributed by atoms with Crippen molar-refractivity contribution in [1.29, 1.82) is 0 Å². The van der Waals surface area contributed by atoms with Gasteiger partial charge in [-0.3, -0.25) is 0 Å². The molecule has 114 valence electrons. The minimum absolute atomic E-state index is 0.0254. The van der Waals surface area contributed by atoms with Crippen LogP contribution in [0.4, 0.5) is 14.9 Å². The molecule has 1 saturated heterocycles. The molecule has 2 amide bonds. The molecule has 21 heavy (non-hydrogen) atoms. The van der Waals surface area contributed by atoms with Gasteiger partial charge in [-0.25, -0.2) is 14.0 Å². The predicted octanol–water partition coefficient (Wildman–Crippen LogP) is 1.69.